The lowest BCUT2D eigenvalue weighted by Gasteiger charge is -2.40. The van der Waals surface area contributed by atoms with Gasteiger partial charge in [0.15, 0.2) is 5.69 Å². The Morgan fingerprint density at radius 3 is 2.24 bits per heavy atom. The van der Waals surface area contributed by atoms with Crippen LogP contribution >= 0.6 is 0 Å². The van der Waals surface area contributed by atoms with Gasteiger partial charge in [-0.2, -0.15) is 4.98 Å². The maximum atomic E-state index is 11.9. The minimum absolute atomic E-state index is 0.121. The highest BCUT2D eigenvalue weighted by atomic mass is 16.5. The van der Waals surface area contributed by atoms with Crippen molar-refractivity contribution in [2.24, 2.45) is 5.92 Å². The average molecular weight is 502 g/mol. The summed E-state index contributed by atoms with van der Waals surface area (Å²) in [7, 11) is 0. The van der Waals surface area contributed by atoms with E-state index in [9.17, 15) is 15.0 Å². The van der Waals surface area contributed by atoms with Gasteiger partial charge in [0.05, 0.1) is 0 Å². The standard InChI is InChI=1S/C30H35N3O4/c1-30(2,3)21-9-11-22(12-10-21)33-23-13-14-24(33)16-20(15-23)17-25-31-26(29(35)36)27(28(34)32-25)37-18-19-7-5-4-6-8-19/h4-12,20,23-24H,13-18H2,1-3H3,(H,35,36)(H,31,32,34). The lowest BCUT2D eigenvalue weighted by atomic mass is 9.86. The third-order valence-corrected chi connectivity index (χ3v) is 7.66. The molecular formula is C30H35N3O4. The lowest BCUT2D eigenvalue weighted by molar-refractivity contribution is 0.0682. The molecule has 0 aliphatic carbocycles. The number of anilines is 1. The molecule has 2 saturated heterocycles. The van der Waals surface area contributed by atoms with E-state index in [4.69, 9.17) is 4.74 Å². The van der Waals surface area contributed by atoms with Gasteiger partial charge in [-0.25, -0.2) is 9.78 Å². The van der Waals surface area contributed by atoms with Crippen LogP contribution in [0.5, 0.6) is 11.6 Å². The fraction of sp³-hybridized carbons (Fsp3) is 0.433. The van der Waals surface area contributed by atoms with Crippen molar-refractivity contribution in [2.45, 2.75) is 77.0 Å². The number of piperidine rings is 1. The van der Waals surface area contributed by atoms with Crippen LogP contribution in [0.4, 0.5) is 5.69 Å². The Labute approximate surface area is 218 Å². The zero-order chi connectivity index (χ0) is 26.2. The number of hydrogen-bond acceptors (Lipinski definition) is 6. The molecule has 2 aliphatic heterocycles. The Kier molecular flexibility index (Phi) is 6.80. The summed E-state index contributed by atoms with van der Waals surface area (Å²) < 4.78 is 5.63. The van der Waals surface area contributed by atoms with Crippen molar-refractivity contribution in [1.82, 2.24) is 9.97 Å². The van der Waals surface area contributed by atoms with Crippen LogP contribution in [0.2, 0.25) is 0 Å². The molecule has 2 aromatic carbocycles. The molecular weight excluding hydrogens is 466 g/mol. The summed E-state index contributed by atoms with van der Waals surface area (Å²) >= 11 is 0. The number of benzene rings is 2. The van der Waals surface area contributed by atoms with Crippen LogP contribution in [-0.2, 0) is 18.4 Å². The molecule has 7 heteroatoms. The molecule has 7 nitrogen and oxygen atoms in total. The first-order valence-corrected chi connectivity index (χ1v) is 13.1. The van der Waals surface area contributed by atoms with E-state index in [1.54, 1.807) is 0 Å². The monoisotopic (exact) mass is 501 g/mol. The second-order valence-corrected chi connectivity index (χ2v) is 11.4. The maximum absolute atomic E-state index is 11.9. The van der Waals surface area contributed by atoms with Crippen molar-refractivity contribution in [1.29, 1.82) is 0 Å². The van der Waals surface area contributed by atoms with E-state index in [-0.39, 0.29) is 23.5 Å². The highest BCUT2D eigenvalue weighted by molar-refractivity contribution is 5.89. The topological polar surface area (TPSA) is 95.8 Å². The summed E-state index contributed by atoms with van der Waals surface area (Å²) in [4.78, 5) is 23.1. The average Bonchev–Trinajstić information content (AvgIpc) is 3.13. The van der Waals surface area contributed by atoms with Gasteiger partial charge in [0.1, 0.15) is 12.4 Å². The number of carboxylic acids is 1. The normalized spacial score (nSPS) is 21.2. The summed E-state index contributed by atoms with van der Waals surface area (Å²) in [5.74, 6) is -1.16. The molecule has 0 amide bonds. The Morgan fingerprint density at radius 2 is 1.65 bits per heavy atom. The van der Waals surface area contributed by atoms with Gasteiger partial charge in [-0.1, -0.05) is 63.2 Å². The predicted octanol–water partition coefficient (Wildman–Crippen LogP) is 5.75. The van der Waals surface area contributed by atoms with Crippen LogP contribution < -0.4 is 9.64 Å². The van der Waals surface area contributed by atoms with E-state index < -0.39 is 11.8 Å². The van der Waals surface area contributed by atoms with Crippen LogP contribution in [0.25, 0.3) is 0 Å². The Hall–Kier alpha value is -3.61. The first-order chi connectivity index (χ1) is 17.7. The summed E-state index contributed by atoms with van der Waals surface area (Å²) in [5.41, 5.74) is 3.31. The van der Waals surface area contributed by atoms with Crippen LogP contribution in [0, 0.1) is 5.92 Å². The molecule has 2 atom stereocenters. The Balaban J connectivity index is 1.28. The molecule has 1 aromatic heterocycles. The molecule has 3 aromatic rings. The lowest BCUT2D eigenvalue weighted by Crippen LogP contribution is -2.43. The zero-order valence-electron chi connectivity index (χ0n) is 21.7. The van der Waals surface area contributed by atoms with Gasteiger partial charge >= 0.3 is 5.97 Å². The van der Waals surface area contributed by atoms with Crippen LogP contribution in [0.1, 0.15) is 73.9 Å². The highest BCUT2D eigenvalue weighted by Gasteiger charge is 2.41. The van der Waals surface area contributed by atoms with Crippen molar-refractivity contribution >= 4 is 11.7 Å². The molecule has 5 rings (SSSR count). The molecule has 2 unspecified atom stereocenters. The molecule has 2 N–H and O–H groups in total. The van der Waals surface area contributed by atoms with Gasteiger partial charge in [0, 0.05) is 24.2 Å². The van der Waals surface area contributed by atoms with E-state index in [2.05, 4.69) is 59.9 Å². The minimum atomic E-state index is -1.24. The molecule has 2 bridgehead atoms. The Morgan fingerprint density at radius 1 is 1.00 bits per heavy atom. The molecule has 194 valence electrons. The third kappa shape index (κ3) is 5.41. The van der Waals surface area contributed by atoms with E-state index in [1.807, 2.05) is 30.3 Å². The smallest absolute Gasteiger partial charge is 0.358 e. The molecule has 0 saturated carbocycles. The molecule has 2 aliphatic rings. The van der Waals surface area contributed by atoms with Gasteiger partial charge in [-0.05, 0) is 60.3 Å². The second-order valence-electron chi connectivity index (χ2n) is 11.4. The number of nitrogens with zero attached hydrogens (tertiary/aromatic N) is 3. The number of ether oxygens (including phenoxy) is 1. The van der Waals surface area contributed by atoms with E-state index in [0.717, 1.165) is 31.2 Å². The van der Waals surface area contributed by atoms with Gasteiger partial charge in [-0.3, -0.25) is 0 Å². The fourth-order valence-electron chi connectivity index (χ4n) is 5.85. The van der Waals surface area contributed by atoms with E-state index in [0.29, 0.717) is 30.2 Å². The molecule has 0 radical (unpaired) electrons. The molecule has 37 heavy (non-hydrogen) atoms. The van der Waals surface area contributed by atoms with Gasteiger partial charge in [0.25, 0.3) is 5.88 Å². The number of hydrogen-bond donors (Lipinski definition) is 2. The van der Waals surface area contributed by atoms with Crippen LogP contribution in [-0.4, -0.2) is 38.2 Å². The SMILES string of the molecule is CC(C)(C)c1ccc(N2C3CCC2CC(Cc2nc(O)c(OCc4ccccc4)c(C(=O)O)n2)C3)cc1. The number of rotatable bonds is 7. The maximum Gasteiger partial charge on any atom is 0.358 e. The fourth-order valence-corrected chi connectivity index (χ4v) is 5.85. The quantitative estimate of drug-likeness (QED) is 0.426. The zero-order valence-corrected chi connectivity index (χ0v) is 21.7. The number of aromatic nitrogens is 2. The van der Waals surface area contributed by atoms with Crippen molar-refractivity contribution in [3.05, 3.63) is 77.2 Å². The van der Waals surface area contributed by atoms with Gasteiger partial charge in [-0.15, -0.1) is 0 Å². The van der Waals surface area contributed by atoms with Gasteiger partial charge in [0.2, 0.25) is 5.75 Å². The molecule has 0 spiro atoms. The number of aromatic carboxylic acids is 1. The largest absolute Gasteiger partial charge is 0.491 e. The summed E-state index contributed by atoms with van der Waals surface area (Å²) in [5, 5.41) is 20.3. The molecule has 2 fully saturated rings. The number of carbonyl (C=O) groups is 1. The summed E-state index contributed by atoms with van der Waals surface area (Å²) in [6, 6.07) is 19.3. The highest BCUT2D eigenvalue weighted by Crippen LogP contribution is 2.43. The first kappa shape index (κ1) is 25.1. The number of carboxylic acid groups (broad SMARTS) is 1. The summed E-state index contributed by atoms with van der Waals surface area (Å²) in [6.45, 7) is 6.81. The van der Waals surface area contributed by atoms with E-state index in [1.165, 1.54) is 11.3 Å². The first-order valence-electron chi connectivity index (χ1n) is 13.1. The van der Waals surface area contributed by atoms with Gasteiger partial charge < -0.3 is 19.8 Å². The predicted molar refractivity (Wildman–Crippen MR) is 142 cm³/mol. The van der Waals surface area contributed by atoms with Crippen LogP contribution in [0.3, 0.4) is 0 Å². The number of aromatic hydroxyl groups is 1. The van der Waals surface area contributed by atoms with E-state index >= 15 is 0 Å². The van der Waals surface area contributed by atoms with Crippen molar-refractivity contribution < 1.29 is 19.7 Å². The van der Waals surface area contributed by atoms with Crippen molar-refractivity contribution in [3.8, 4) is 11.6 Å². The van der Waals surface area contributed by atoms with Crippen molar-refractivity contribution in [3.63, 3.8) is 0 Å². The van der Waals surface area contributed by atoms with Crippen molar-refractivity contribution in [2.75, 3.05) is 4.90 Å². The Bertz CT molecular complexity index is 1240. The summed E-state index contributed by atoms with van der Waals surface area (Å²) in [6.07, 6.45) is 4.84. The number of fused-ring (bicyclic) bond motifs is 2. The third-order valence-electron chi connectivity index (χ3n) is 7.66. The second kappa shape index (κ2) is 10.0. The van der Waals surface area contributed by atoms with Crippen LogP contribution in [0.15, 0.2) is 54.6 Å². The minimum Gasteiger partial charge on any atom is -0.491 e. The molecule has 3 heterocycles.